The first-order chi connectivity index (χ1) is 13.0. The van der Waals surface area contributed by atoms with Gasteiger partial charge in [0.25, 0.3) is 0 Å². The van der Waals surface area contributed by atoms with E-state index < -0.39 is 0 Å². The van der Waals surface area contributed by atoms with Crippen molar-refractivity contribution in [3.8, 4) is 0 Å². The molecule has 3 N–H and O–H groups in total. The average Bonchev–Trinajstić information content (AvgIpc) is 3.02. The smallest absolute Gasteiger partial charge is 0.237 e. The highest BCUT2D eigenvalue weighted by Crippen LogP contribution is 2.55. The Labute approximate surface area is 175 Å². The van der Waals surface area contributed by atoms with Gasteiger partial charge in [-0.15, -0.1) is 12.4 Å². The molecule has 5 fully saturated rings. The van der Waals surface area contributed by atoms with Crippen LogP contribution in [0.3, 0.4) is 0 Å². The highest BCUT2D eigenvalue weighted by Gasteiger charge is 2.52. The van der Waals surface area contributed by atoms with Gasteiger partial charge in [-0.3, -0.25) is 9.69 Å². The van der Waals surface area contributed by atoms with Crippen LogP contribution in [-0.4, -0.2) is 41.5 Å². The highest BCUT2D eigenvalue weighted by molar-refractivity contribution is 5.85. The Hall–Kier alpha value is -1.10. The van der Waals surface area contributed by atoms with Gasteiger partial charge in [0.15, 0.2) is 0 Å². The van der Waals surface area contributed by atoms with E-state index >= 15 is 0 Å². The molecule has 1 aliphatic heterocycles. The Bertz CT molecular complexity index is 674. The number of carbonyl (C=O) groups is 1. The standard InChI is InChI=1S/C23H33N3O.ClH/c1-15(26-13-20(21(24)14-26)19-5-3-2-4-6-19)22(27)25-23-10-16-7-17(11-23)9-18(8-16)12-23;/h2-6,15-18,20-21H,7-14,24H2,1H3,(H,25,27);1H/t15?,16?,17?,18?,20-,21+,23?;/m0./s1. The van der Waals surface area contributed by atoms with E-state index in [0.717, 1.165) is 30.8 Å². The number of nitrogens with zero attached hydrogens (tertiary/aromatic N) is 1. The van der Waals surface area contributed by atoms with E-state index in [1.54, 1.807) is 0 Å². The number of likely N-dealkylation sites (tertiary alicyclic amines) is 1. The third kappa shape index (κ3) is 3.59. The monoisotopic (exact) mass is 403 g/mol. The summed E-state index contributed by atoms with van der Waals surface area (Å²) in [6.45, 7) is 3.74. The van der Waals surface area contributed by atoms with E-state index in [1.807, 2.05) is 6.07 Å². The number of nitrogens with one attached hydrogen (secondary N) is 1. The number of nitrogens with two attached hydrogens (primary N) is 1. The van der Waals surface area contributed by atoms with Crippen LogP contribution in [0.15, 0.2) is 30.3 Å². The summed E-state index contributed by atoms with van der Waals surface area (Å²) in [4.78, 5) is 15.5. The van der Waals surface area contributed by atoms with Crippen molar-refractivity contribution in [3.63, 3.8) is 0 Å². The third-order valence-corrected chi connectivity index (χ3v) is 7.97. The lowest BCUT2D eigenvalue weighted by atomic mass is 9.53. The number of hydrogen-bond acceptors (Lipinski definition) is 3. The summed E-state index contributed by atoms with van der Waals surface area (Å²) in [5.74, 6) is 3.11. The van der Waals surface area contributed by atoms with Crippen molar-refractivity contribution in [1.82, 2.24) is 10.2 Å². The lowest BCUT2D eigenvalue weighted by Crippen LogP contribution is -2.62. The minimum absolute atomic E-state index is 0. The lowest BCUT2D eigenvalue weighted by Gasteiger charge is -2.57. The molecule has 5 heteroatoms. The molecule has 3 atom stereocenters. The van der Waals surface area contributed by atoms with Crippen molar-refractivity contribution in [1.29, 1.82) is 0 Å². The molecule has 1 saturated heterocycles. The molecule has 0 spiro atoms. The first-order valence-corrected chi connectivity index (χ1v) is 10.9. The molecule has 0 radical (unpaired) electrons. The molecular weight excluding hydrogens is 370 g/mol. The predicted octanol–water partition coefficient (Wildman–Crippen LogP) is 3.31. The van der Waals surface area contributed by atoms with E-state index in [4.69, 9.17) is 5.73 Å². The number of rotatable bonds is 4. The second-order valence-corrected chi connectivity index (χ2v) is 10.00. The molecule has 28 heavy (non-hydrogen) atoms. The first kappa shape index (κ1) is 20.2. The van der Waals surface area contributed by atoms with Crippen LogP contribution in [0.25, 0.3) is 0 Å². The lowest BCUT2D eigenvalue weighted by molar-refractivity contribution is -0.131. The van der Waals surface area contributed by atoms with Gasteiger partial charge < -0.3 is 11.1 Å². The van der Waals surface area contributed by atoms with Gasteiger partial charge in [0.1, 0.15) is 0 Å². The number of amides is 1. The number of benzene rings is 1. The Morgan fingerprint density at radius 1 is 1.07 bits per heavy atom. The van der Waals surface area contributed by atoms with Gasteiger partial charge in [-0.25, -0.2) is 0 Å². The number of halogens is 1. The van der Waals surface area contributed by atoms with Gasteiger partial charge >= 0.3 is 0 Å². The predicted molar refractivity (Wildman–Crippen MR) is 114 cm³/mol. The third-order valence-electron chi connectivity index (χ3n) is 7.97. The zero-order valence-corrected chi connectivity index (χ0v) is 17.7. The van der Waals surface area contributed by atoms with Crippen LogP contribution in [0.2, 0.25) is 0 Å². The molecule has 0 aromatic heterocycles. The maximum absolute atomic E-state index is 13.2. The Morgan fingerprint density at radius 2 is 1.64 bits per heavy atom. The summed E-state index contributed by atoms with van der Waals surface area (Å²) in [6, 6.07) is 10.5. The molecule has 1 aromatic rings. The number of hydrogen-bond donors (Lipinski definition) is 2. The van der Waals surface area contributed by atoms with Crippen LogP contribution in [0, 0.1) is 17.8 Å². The second kappa shape index (κ2) is 7.62. The van der Waals surface area contributed by atoms with Crippen molar-refractivity contribution in [2.45, 2.75) is 69.0 Å². The molecule has 154 valence electrons. The fraction of sp³-hybridized carbons (Fsp3) is 0.696. The van der Waals surface area contributed by atoms with Crippen molar-refractivity contribution >= 4 is 18.3 Å². The summed E-state index contributed by atoms with van der Waals surface area (Å²) < 4.78 is 0. The summed E-state index contributed by atoms with van der Waals surface area (Å²) in [5.41, 5.74) is 7.84. The second-order valence-electron chi connectivity index (χ2n) is 10.00. The zero-order chi connectivity index (χ0) is 18.6. The van der Waals surface area contributed by atoms with Crippen LogP contribution in [0.4, 0.5) is 0 Å². The highest BCUT2D eigenvalue weighted by atomic mass is 35.5. The topological polar surface area (TPSA) is 58.4 Å². The van der Waals surface area contributed by atoms with Crippen molar-refractivity contribution in [2.75, 3.05) is 13.1 Å². The largest absolute Gasteiger partial charge is 0.349 e. The van der Waals surface area contributed by atoms with Gasteiger partial charge in [0.2, 0.25) is 5.91 Å². The Balaban J connectivity index is 0.00000192. The molecule has 4 bridgehead atoms. The Morgan fingerprint density at radius 3 is 2.21 bits per heavy atom. The van der Waals surface area contributed by atoms with Gasteiger partial charge in [-0.1, -0.05) is 30.3 Å². The molecule has 4 nitrogen and oxygen atoms in total. The fourth-order valence-electron chi connectivity index (χ4n) is 7.03. The maximum atomic E-state index is 13.2. The SMILES string of the molecule is CC(C(=O)NC12CC3CC(CC(C3)C1)C2)N1C[C@@H](N)[C@H](c2ccccc2)C1.Cl. The van der Waals surface area contributed by atoms with Crippen molar-refractivity contribution in [3.05, 3.63) is 35.9 Å². The zero-order valence-electron chi connectivity index (χ0n) is 16.8. The quantitative estimate of drug-likeness (QED) is 0.810. The summed E-state index contributed by atoms with van der Waals surface area (Å²) >= 11 is 0. The molecule has 1 amide bonds. The van der Waals surface area contributed by atoms with Crippen molar-refractivity contribution < 1.29 is 4.79 Å². The molecule has 1 heterocycles. The molecule has 4 aliphatic carbocycles. The van der Waals surface area contributed by atoms with Gasteiger partial charge in [-0.05, 0) is 68.8 Å². The van der Waals surface area contributed by atoms with Crippen LogP contribution in [-0.2, 0) is 4.79 Å². The van der Waals surface area contributed by atoms with Crippen LogP contribution in [0.1, 0.15) is 56.9 Å². The molecule has 5 aliphatic rings. The Kier molecular flexibility index (Phi) is 5.49. The van der Waals surface area contributed by atoms with Crippen LogP contribution >= 0.6 is 12.4 Å². The van der Waals surface area contributed by atoms with Gasteiger partial charge in [-0.2, -0.15) is 0 Å². The van der Waals surface area contributed by atoms with E-state index in [0.29, 0.717) is 5.92 Å². The minimum Gasteiger partial charge on any atom is -0.349 e. The van der Waals surface area contributed by atoms with Crippen molar-refractivity contribution in [2.24, 2.45) is 23.5 Å². The van der Waals surface area contributed by atoms with E-state index in [-0.39, 0.29) is 35.9 Å². The van der Waals surface area contributed by atoms with E-state index in [1.165, 1.54) is 44.1 Å². The molecule has 4 saturated carbocycles. The summed E-state index contributed by atoms with van der Waals surface area (Å²) in [7, 11) is 0. The number of carbonyl (C=O) groups excluding carboxylic acids is 1. The molecule has 6 rings (SSSR count). The van der Waals surface area contributed by atoms with E-state index in [2.05, 4.69) is 41.4 Å². The van der Waals surface area contributed by atoms with Crippen LogP contribution in [0.5, 0.6) is 0 Å². The van der Waals surface area contributed by atoms with Gasteiger partial charge in [0.05, 0.1) is 6.04 Å². The van der Waals surface area contributed by atoms with Gasteiger partial charge in [0, 0.05) is 30.6 Å². The summed E-state index contributed by atoms with van der Waals surface area (Å²) in [5, 5.41) is 3.55. The first-order valence-electron chi connectivity index (χ1n) is 10.9. The summed E-state index contributed by atoms with van der Waals surface area (Å²) in [6.07, 6.45) is 7.86. The molecule has 1 aromatic carbocycles. The minimum atomic E-state index is -0.0993. The normalized spacial score (nSPS) is 40.1. The molecular formula is C23H34ClN3O. The molecule has 1 unspecified atom stereocenters. The average molecular weight is 404 g/mol. The van der Waals surface area contributed by atoms with Crippen LogP contribution < -0.4 is 11.1 Å². The maximum Gasteiger partial charge on any atom is 0.237 e. The fourth-order valence-corrected chi connectivity index (χ4v) is 7.03. The van der Waals surface area contributed by atoms with E-state index in [9.17, 15) is 4.79 Å².